The number of hydrogen-bond donors (Lipinski definition) is 4. The molecule has 0 unspecified atom stereocenters. The number of ether oxygens (including phenoxy) is 1. The van der Waals surface area contributed by atoms with Crippen molar-refractivity contribution in [3.05, 3.63) is 6.33 Å². The molecule has 3 rings (SSSR count). The average Bonchev–Trinajstić information content (AvgIpc) is 3.09. The van der Waals surface area contributed by atoms with Gasteiger partial charge in [-0.25, -0.2) is 4.98 Å². The summed E-state index contributed by atoms with van der Waals surface area (Å²) in [5, 5.41) is 19.6. The van der Waals surface area contributed by atoms with Crippen molar-refractivity contribution < 1.29 is 14.9 Å². The second kappa shape index (κ2) is 7.31. The van der Waals surface area contributed by atoms with Crippen LogP contribution in [0.1, 0.15) is 19.6 Å². The number of aromatic nitrogens is 4. The lowest BCUT2D eigenvalue weighted by molar-refractivity contribution is -0.0430. The molecule has 3 heterocycles. The summed E-state index contributed by atoms with van der Waals surface area (Å²) in [5.41, 5.74) is 12.4. The van der Waals surface area contributed by atoms with Gasteiger partial charge >= 0.3 is 0 Å². The number of aliphatic hydroxyl groups is 2. The second-order valence-electron chi connectivity index (χ2n) is 5.41. The molecule has 1 aliphatic rings. The zero-order chi connectivity index (χ0) is 17.3. The van der Waals surface area contributed by atoms with Gasteiger partial charge in [-0.05, 0) is 6.42 Å². The van der Waals surface area contributed by atoms with Gasteiger partial charge in [0.15, 0.2) is 17.7 Å². The lowest BCUT2D eigenvalue weighted by Gasteiger charge is -2.20. The minimum Gasteiger partial charge on any atom is -0.394 e. The average molecular weight is 372 g/mol. The summed E-state index contributed by atoms with van der Waals surface area (Å²) in [6.07, 6.45) is 0.575. The number of nitrogen functional groups attached to an aromatic ring is 2. The van der Waals surface area contributed by atoms with Crippen LogP contribution in [0.4, 0.5) is 11.8 Å². The van der Waals surface area contributed by atoms with E-state index in [1.165, 1.54) is 10.8 Å². The van der Waals surface area contributed by atoms with E-state index >= 15 is 0 Å². The van der Waals surface area contributed by atoms with Gasteiger partial charge in [-0.1, -0.05) is 28.5 Å². The van der Waals surface area contributed by atoms with Crippen LogP contribution in [0, 0.1) is 0 Å². The minimum absolute atomic E-state index is 0.0450. The van der Waals surface area contributed by atoms with E-state index < -0.39 is 18.4 Å². The van der Waals surface area contributed by atoms with Gasteiger partial charge in [-0.15, -0.1) is 0 Å². The largest absolute Gasteiger partial charge is 0.394 e. The van der Waals surface area contributed by atoms with Crippen LogP contribution >= 0.6 is 21.6 Å². The molecule has 6 N–H and O–H groups in total. The zero-order valence-corrected chi connectivity index (χ0v) is 14.7. The molecule has 0 radical (unpaired) electrons. The molecule has 1 saturated heterocycles. The Morgan fingerprint density at radius 3 is 2.88 bits per heavy atom. The maximum Gasteiger partial charge on any atom is 0.224 e. The fourth-order valence-corrected chi connectivity index (χ4v) is 5.43. The number of fused-ring (bicyclic) bond motifs is 1. The molecule has 24 heavy (non-hydrogen) atoms. The second-order valence-corrected chi connectivity index (χ2v) is 8.08. The first-order valence-corrected chi connectivity index (χ1v) is 9.93. The van der Waals surface area contributed by atoms with Crippen LogP contribution in [0.5, 0.6) is 0 Å². The fourth-order valence-electron chi connectivity index (χ4n) is 2.55. The van der Waals surface area contributed by atoms with E-state index in [0.29, 0.717) is 11.2 Å². The van der Waals surface area contributed by atoms with Crippen LogP contribution in [0.25, 0.3) is 11.2 Å². The highest BCUT2D eigenvalue weighted by Gasteiger charge is 2.45. The molecular formula is C13H20N6O3S2. The van der Waals surface area contributed by atoms with Gasteiger partial charge < -0.3 is 26.4 Å². The molecule has 0 aromatic carbocycles. The third kappa shape index (κ3) is 3.14. The predicted molar refractivity (Wildman–Crippen MR) is 95.3 cm³/mol. The van der Waals surface area contributed by atoms with Gasteiger partial charge in [0, 0.05) is 5.75 Å². The minimum atomic E-state index is -0.802. The van der Waals surface area contributed by atoms with Crippen LogP contribution in [0.3, 0.4) is 0 Å². The van der Waals surface area contributed by atoms with Crippen molar-refractivity contribution in [3.8, 4) is 0 Å². The molecule has 0 bridgehead atoms. The molecule has 1 fully saturated rings. The molecular weight excluding hydrogens is 352 g/mol. The highest BCUT2D eigenvalue weighted by atomic mass is 33.1. The Labute approximate surface area is 146 Å². The Morgan fingerprint density at radius 2 is 2.17 bits per heavy atom. The van der Waals surface area contributed by atoms with E-state index in [2.05, 4.69) is 21.9 Å². The van der Waals surface area contributed by atoms with E-state index in [-0.39, 0.29) is 23.6 Å². The van der Waals surface area contributed by atoms with Gasteiger partial charge in [0.1, 0.15) is 11.6 Å². The van der Waals surface area contributed by atoms with E-state index in [1.54, 1.807) is 21.7 Å². The molecule has 2 aromatic rings. The molecule has 0 aliphatic carbocycles. The monoisotopic (exact) mass is 372 g/mol. The number of rotatable bonds is 6. The van der Waals surface area contributed by atoms with Crippen molar-refractivity contribution in [2.24, 2.45) is 0 Å². The van der Waals surface area contributed by atoms with Crippen LogP contribution in [0.15, 0.2) is 6.33 Å². The number of nitrogens with zero attached hydrogens (tertiary/aromatic N) is 4. The first-order valence-electron chi connectivity index (χ1n) is 7.55. The van der Waals surface area contributed by atoms with Crippen molar-refractivity contribution in [3.63, 3.8) is 0 Å². The van der Waals surface area contributed by atoms with Crippen molar-refractivity contribution in [2.75, 3.05) is 23.8 Å². The summed E-state index contributed by atoms with van der Waals surface area (Å²) in [7, 11) is 3.19. The SMILES string of the molecule is CCCSS[C@H]1[C@H](O)[C@@H](CO)O[C@H]1n1cnc2c(N)nc(N)nc21. The first-order chi connectivity index (χ1) is 11.6. The Kier molecular flexibility index (Phi) is 5.35. The highest BCUT2D eigenvalue weighted by molar-refractivity contribution is 8.77. The number of nitrogens with two attached hydrogens (primary N) is 2. The third-order valence-electron chi connectivity index (χ3n) is 3.70. The van der Waals surface area contributed by atoms with Crippen LogP contribution in [-0.4, -0.2) is 59.5 Å². The van der Waals surface area contributed by atoms with Crippen molar-refractivity contribution in [2.45, 2.75) is 37.0 Å². The van der Waals surface area contributed by atoms with Gasteiger partial charge in [0.05, 0.1) is 24.3 Å². The Bertz CT molecular complexity index is 714. The Balaban J connectivity index is 1.96. The number of imidazole rings is 1. The number of hydrogen-bond acceptors (Lipinski definition) is 10. The molecule has 0 saturated carbocycles. The number of aliphatic hydroxyl groups excluding tert-OH is 2. The van der Waals surface area contributed by atoms with E-state index in [4.69, 9.17) is 16.2 Å². The maximum absolute atomic E-state index is 10.5. The molecule has 1 aliphatic heterocycles. The third-order valence-corrected chi connectivity index (χ3v) is 6.72. The van der Waals surface area contributed by atoms with Gasteiger partial charge in [-0.2, -0.15) is 9.97 Å². The van der Waals surface area contributed by atoms with E-state index in [0.717, 1.165) is 12.2 Å². The zero-order valence-electron chi connectivity index (χ0n) is 13.1. The van der Waals surface area contributed by atoms with E-state index in [9.17, 15) is 10.2 Å². The normalized spacial score (nSPS) is 27.1. The first kappa shape index (κ1) is 17.5. The van der Waals surface area contributed by atoms with Gasteiger partial charge in [0.2, 0.25) is 5.95 Å². The molecule has 11 heteroatoms. The maximum atomic E-state index is 10.5. The van der Waals surface area contributed by atoms with Crippen LogP contribution in [0.2, 0.25) is 0 Å². The highest BCUT2D eigenvalue weighted by Crippen LogP contribution is 2.43. The summed E-state index contributed by atoms with van der Waals surface area (Å²) in [5.74, 6) is 1.19. The fraction of sp³-hybridized carbons (Fsp3) is 0.615. The Morgan fingerprint density at radius 1 is 1.38 bits per heavy atom. The molecule has 132 valence electrons. The van der Waals surface area contributed by atoms with Crippen molar-refractivity contribution >= 4 is 44.5 Å². The van der Waals surface area contributed by atoms with Crippen molar-refractivity contribution in [1.29, 1.82) is 0 Å². The van der Waals surface area contributed by atoms with Gasteiger partial charge in [-0.3, -0.25) is 4.57 Å². The summed E-state index contributed by atoms with van der Waals surface area (Å²) >= 11 is 0. The predicted octanol–water partition coefficient (Wildman–Crippen LogP) is 0.401. The molecule has 0 spiro atoms. The lowest BCUT2D eigenvalue weighted by Crippen LogP contribution is -2.31. The number of anilines is 2. The smallest absolute Gasteiger partial charge is 0.224 e. The summed E-state index contributed by atoms with van der Waals surface area (Å²) < 4.78 is 7.53. The summed E-state index contributed by atoms with van der Waals surface area (Å²) in [6.45, 7) is 1.83. The molecule has 4 atom stereocenters. The van der Waals surface area contributed by atoms with Crippen LogP contribution in [-0.2, 0) is 4.74 Å². The van der Waals surface area contributed by atoms with Gasteiger partial charge in [0.25, 0.3) is 0 Å². The summed E-state index contributed by atoms with van der Waals surface area (Å²) in [4.78, 5) is 12.3. The summed E-state index contributed by atoms with van der Waals surface area (Å²) in [6, 6.07) is 0. The molecule has 2 aromatic heterocycles. The molecule has 9 nitrogen and oxygen atoms in total. The molecule has 0 amide bonds. The van der Waals surface area contributed by atoms with Crippen LogP contribution < -0.4 is 11.5 Å². The topological polar surface area (TPSA) is 145 Å². The Hall–Kier alpha value is -1.27. The lowest BCUT2D eigenvalue weighted by atomic mass is 10.2. The van der Waals surface area contributed by atoms with Crippen molar-refractivity contribution in [1.82, 2.24) is 19.5 Å². The van der Waals surface area contributed by atoms with E-state index in [1.807, 2.05) is 0 Å². The standard InChI is InChI=1S/C13H20N6O3S2/c1-2-3-23-24-9-8(21)6(4-20)22-12(9)19-5-16-7-10(14)17-13(15)18-11(7)19/h5-6,8-9,12,20-21H,2-4H2,1H3,(H4,14,15,17,18)/t6-,8-,9+,12-/m1/s1. The quantitative estimate of drug-likeness (QED) is 0.415.